The second-order valence-corrected chi connectivity index (χ2v) is 5.07. The first-order valence-corrected chi connectivity index (χ1v) is 6.63. The first kappa shape index (κ1) is 15.8. The molecule has 22 heavy (non-hydrogen) atoms. The van der Waals surface area contributed by atoms with Crippen LogP contribution in [0.3, 0.4) is 0 Å². The van der Waals surface area contributed by atoms with Gasteiger partial charge in [-0.05, 0) is 24.3 Å². The molecule has 0 saturated heterocycles. The minimum Gasteiger partial charge on any atom is -0.478 e. The third kappa shape index (κ3) is 2.74. The molecule has 0 aliphatic carbocycles. The van der Waals surface area contributed by atoms with E-state index in [2.05, 4.69) is 10.6 Å². The van der Waals surface area contributed by atoms with Crippen LogP contribution in [0.1, 0.15) is 32.4 Å². The molecule has 1 aliphatic heterocycles. The molecule has 1 unspecified atom stereocenters. The van der Waals surface area contributed by atoms with Gasteiger partial charge in [0.15, 0.2) is 0 Å². The number of hydrogen-bond donors (Lipinski definition) is 3. The SMILES string of the molecule is O.O=C1NC(c2ccccc2C(=O)O)Nc2ccc(Cl)cc21. The Morgan fingerprint density at radius 3 is 2.59 bits per heavy atom. The summed E-state index contributed by atoms with van der Waals surface area (Å²) in [5, 5.41) is 15.6. The maximum atomic E-state index is 12.1. The summed E-state index contributed by atoms with van der Waals surface area (Å²) in [5.74, 6) is -1.33. The number of benzene rings is 2. The monoisotopic (exact) mass is 320 g/mol. The Kier molecular flexibility index (Phi) is 4.35. The summed E-state index contributed by atoms with van der Waals surface area (Å²) in [5.41, 5.74) is 1.70. The maximum absolute atomic E-state index is 12.1. The first-order valence-electron chi connectivity index (χ1n) is 6.25. The fourth-order valence-electron chi connectivity index (χ4n) is 2.33. The van der Waals surface area contributed by atoms with Crippen LogP contribution in [0.2, 0.25) is 5.02 Å². The predicted molar refractivity (Wildman–Crippen MR) is 82.3 cm³/mol. The van der Waals surface area contributed by atoms with E-state index in [1.807, 2.05) is 0 Å². The number of nitrogens with one attached hydrogen (secondary N) is 2. The Morgan fingerprint density at radius 2 is 1.86 bits per heavy atom. The molecule has 0 radical (unpaired) electrons. The minimum atomic E-state index is -1.04. The standard InChI is InChI=1S/C15H11ClN2O3.H2O/c16-8-5-6-12-11(7-8)14(19)18-13(17-12)9-3-1-2-4-10(9)15(20)21;/h1-7,13,17H,(H,18,19)(H,20,21);1H2. The van der Waals surface area contributed by atoms with Crippen LogP contribution < -0.4 is 10.6 Å². The van der Waals surface area contributed by atoms with Crippen LogP contribution in [0.4, 0.5) is 5.69 Å². The van der Waals surface area contributed by atoms with Gasteiger partial charge in [-0.2, -0.15) is 0 Å². The van der Waals surface area contributed by atoms with Crippen molar-refractivity contribution in [3.8, 4) is 0 Å². The van der Waals surface area contributed by atoms with Gasteiger partial charge in [0.05, 0.1) is 11.1 Å². The summed E-state index contributed by atoms with van der Waals surface area (Å²) in [6.07, 6.45) is -0.599. The quantitative estimate of drug-likeness (QED) is 0.786. The van der Waals surface area contributed by atoms with Crippen LogP contribution in [0, 0.1) is 0 Å². The van der Waals surface area contributed by atoms with E-state index in [0.717, 1.165) is 0 Å². The number of carboxylic acids is 1. The first-order chi connectivity index (χ1) is 10.1. The van der Waals surface area contributed by atoms with E-state index in [0.29, 0.717) is 21.8 Å². The molecule has 0 spiro atoms. The topological polar surface area (TPSA) is 110 Å². The predicted octanol–water partition coefficient (Wildman–Crippen LogP) is 2.07. The second-order valence-electron chi connectivity index (χ2n) is 4.63. The van der Waals surface area contributed by atoms with Crippen molar-refractivity contribution < 1.29 is 20.2 Å². The molecule has 3 rings (SSSR count). The lowest BCUT2D eigenvalue weighted by Gasteiger charge is -2.29. The number of carbonyl (C=O) groups excluding carboxylic acids is 1. The highest BCUT2D eigenvalue weighted by molar-refractivity contribution is 6.31. The zero-order valence-corrected chi connectivity index (χ0v) is 12.0. The number of rotatable bonds is 2. The summed E-state index contributed by atoms with van der Waals surface area (Å²) in [4.78, 5) is 23.4. The van der Waals surface area contributed by atoms with Gasteiger partial charge in [-0.1, -0.05) is 29.8 Å². The Hall–Kier alpha value is -2.57. The van der Waals surface area contributed by atoms with E-state index in [1.165, 1.54) is 6.07 Å². The fourth-order valence-corrected chi connectivity index (χ4v) is 2.50. The van der Waals surface area contributed by atoms with Gasteiger partial charge >= 0.3 is 5.97 Å². The highest BCUT2D eigenvalue weighted by Crippen LogP contribution is 2.29. The molecule has 5 N–H and O–H groups in total. The van der Waals surface area contributed by atoms with Gasteiger partial charge in [0, 0.05) is 16.3 Å². The van der Waals surface area contributed by atoms with Gasteiger partial charge in [0.25, 0.3) is 5.91 Å². The van der Waals surface area contributed by atoms with Gasteiger partial charge in [-0.3, -0.25) is 4.79 Å². The van der Waals surface area contributed by atoms with Crippen LogP contribution in [0.25, 0.3) is 0 Å². The molecule has 1 amide bonds. The van der Waals surface area contributed by atoms with Gasteiger partial charge in [0.2, 0.25) is 0 Å². The molecule has 2 aromatic rings. The molecule has 2 aromatic carbocycles. The largest absolute Gasteiger partial charge is 0.478 e. The summed E-state index contributed by atoms with van der Waals surface area (Å²) >= 11 is 5.88. The summed E-state index contributed by atoms with van der Waals surface area (Å²) in [6.45, 7) is 0. The molecule has 114 valence electrons. The zero-order chi connectivity index (χ0) is 15.0. The Bertz CT molecular complexity index is 748. The number of fused-ring (bicyclic) bond motifs is 1. The lowest BCUT2D eigenvalue weighted by atomic mass is 10.0. The lowest BCUT2D eigenvalue weighted by Crippen LogP contribution is -2.39. The summed E-state index contributed by atoms with van der Waals surface area (Å²) < 4.78 is 0. The summed E-state index contributed by atoms with van der Waals surface area (Å²) in [7, 11) is 0. The number of aromatic carboxylic acids is 1. The Balaban J connectivity index is 0.00000176. The van der Waals surface area contributed by atoms with Crippen molar-refractivity contribution in [2.75, 3.05) is 5.32 Å². The van der Waals surface area contributed by atoms with E-state index < -0.39 is 12.1 Å². The van der Waals surface area contributed by atoms with Gasteiger partial charge in [0.1, 0.15) is 6.17 Å². The molecule has 1 heterocycles. The molecular formula is C15H13ClN2O4. The van der Waals surface area contributed by atoms with Gasteiger partial charge in [-0.15, -0.1) is 0 Å². The van der Waals surface area contributed by atoms with Crippen molar-refractivity contribution in [1.29, 1.82) is 0 Å². The van der Waals surface area contributed by atoms with Crippen molar-refractivity contribution in [3.05, 3.63) is 64.2 Å². The van der Waals surface area contributed by atoms with Crippen molar-refractivity contribution in [2.45, 2.75) is 6.17 Å². The smallest absolute Gasteiger partial charge is 0.336 e. The van der Waals surface area contributed by atoms with Gasteiger partial charge < -0.3 is 21.2 Å². The lowest BCUT2D eigenvalue weighted by molar-refractivity contribution is 0.0693. The number of hydrogen-bond acceptors (Lipinski definition) is 3. The van der Waals surface area contributed by atoms with E-state index in [-0.39, 0.29) is 16.9 Å². The number of carbonyl (C=O) groups is 2. The molecule has 0 aromatic heterocycles. The van der Waals surface area contributed by atoms with Crippen LogP contribution in [0.15, 0.2) is 42.5 Å². The van der Waals surface area contributed by atoms with Crippen molar-refractivity contribution in [2.24, 2.45) is 0 Å². The fraction of sp³-hybridized carbons (Fsp3) is 0.0667. The van der Waals surface area contributed by atoms with E-state index in [1.54, 1.807) is 36.4 Å². The van der Waals surface area contributed by atoms with Crippen molar-refractivity contribution in [3.63, 3.8) is 0 Å². The average Bonchev–Trinajstić information content (AvgIpc) is 2.47. The van der Waals surface area contributed by atoms with Crippen LogP contribution in [-0.4, -0.2) is 22.5 Å². The van der Waals surface area contributed by atoms with Crippen LogP contribution in [-0.2, 0) is 0 Å². The number of anilines is 1. The minimum absolute atomic E-state index is 0. The maximum Gasteiger partial charge on any atom is 0.336 e. The molecule has 0 fully saturated rings. The summed E-state index contributed by atoms with van der Waals surface area (Å²) in [6, 6.07) is 11.5. The van der Waals surface area contributed by atoms with Crippen LogP contribution >= 0.6 is 11.6 Å². The zero-order valence-electron chi connectivity index (χ0n) is 11.3. The van der Waals surface area contributed by atoms with Gasteiger partial charge in [-0.25, -0.2) is 4.79 Å². The van der Waals surface area contributed by atoms with E-state index >= 15 is 0 Å². The molecule has 6 nitrogen and oxygen atoms in total. The van der Waals surface area contributed by atoms with Crippen molar-refractivity contribution in [1.82, 2.24) is 5.32 Å². The third-order valence-corrected chi connectivity index (χ3v) is 3.54. The number of halogens is 1. The second kappa shape index (κ2) is 6.05. The Morgan fingerprint density at radius 1 is 1.14 bits per heavy atom. The van der Waals surface area contributed by atoms with E-state index in [9.17, 15) is 14.7 Å². The molecule has 7 heteroatoms. The Labute approximate surface area is 131 Å². The molecule has 0 saturated carbocycles. The molecule has 0 bridgehead atoms. The molecule has 1 atom stereocenters. The van der Waals surface area contributed by atoms with Crippen molar-refractivity contribution >= 4 is 29.2 Å². The normalized spacial score (nSPS) is 15.9. The highest BCUT2D eigenvalue weighted by atomic mass is 35.5. The highest BCUT2D eigenvalue weighted by Gasteiger charge is 2.27. The number of carboxylic acid groups (broad SMARTS) is 1. The third-order valence-electron chi connectivity index (χ3n) is 3.30. The van der Waals surface area contributed by atoms with Crippen LogP contribution in [0.5, 0.6) is 0 Å². The van der Waals surface area contributed by atoms with E-state index in [4.69, 9.17) is 11.6 Å². The molecule has 1 aliphatic rings. The number of amides is 1. The average molecular weight is 321 g/mol. The molecular weight excluding hydrogens is 308 g/mol.